The summed E-state index contributed by atoms with van der Waals surface area (Å²) in [7, 11) is 0. The maximum absolute atomic E-state index is 4.58. The minimum Gasteiger partial charge on any atom is -0.253 e. The number of hydrogen-bond acceptors (Lipinski definition) is 5. The number of rotatable bonds is 6. The number of hydrogen-bond donors (Lipinski definition) is 1. The average Bonchev–Trinajstić information content (AvgIpc) is 3.20. The van der Waals surface area contributed by atoms with Gasteiger partial charge in [-0.15, -0.1) is 23.1 Å². The lowest BCUT2D eigenvalue weighted by atomic mass is 10.0. The number of nitrogens with one attached hydrogen (secondary N) is 1. The SMILES string of the molecule is C(=NNc1nc(-c2ccccc2)cs1)c1ccc(SC2CCCCC2)cc1. The number of thiazole rings is 1. The summed E-state index contributed by atoms with van der Waals surface area (Å²) in [5, 5.41) is 7.97. The highest BCUT2D eigenvalue weighted by Gasteiger charge is 2.14. The van der Waals surface area contributed by atoms with E-state index in [9.17, 15) is 0 Å². The van der Waals surface area contributed by atoms with E-state index in [1.54, 1.807) is 11.3 Å². The van der Waals surface area contributed by atoms with Gasteiger partial charge >= 0.3 is 0 Å². The molecule has 0 amide bonds. The van der Waals surface area contributed by atoms with Gasteiger partial charge in [-0.1, -0.05) is 61.7 Å². The zero-order valence-corrected chi connectivity index (χ0v) is 16.8. The van der Waals surface area contributed by atoms with E-state index in [1.807, 2.05) is 41.6 Å². The van der Waals surface area contributed by atoms with Crippen molar-refractivity contribution in [3.05, 3.63) is 65.5 Å². The smallest absolute Gasteiger partial charge is 0.203 e. The molecule has 0 spiro atoms. The minimum absolute atomic E-state index is 0.795. The highest BCUT2D eigenvalue weighted by atomic mass is 32.2. The second kappa shape index (κ2) is 9.20. The number of anilines is 1. The Morgan fingerprint density at radius 1 is 1.00 bits per heavy atom. The highest BCUT2D eigenvalue weighted by Crippen LogP contribution is 2.33. The molecule has 0 bridgehead atoms. The number of thioether (sulfide) groups is 1. The second-order valence-electron chi connectivity index (χ2n) is 6.72. The first kappa shape index (κ1) is 18.3. The van der Waals surface area contributed by atoms with Crippen LogP contribution in [0, 0.1) is 0 Å². The summed E-state index contributed by atoms with van der Waals surface area (Å²) in [5.41, 5.74) is 6.22. The summed E-state index contributed by atoms with van der Waals surface area (Å²) in [6.45, 7) is 0. The van der Waals surface area contributed by atoms with Gasteiger partial charge < -0.3 is 0 Å². The fourth-order valence-corrected chi connectivity index (χ4v) is 5.15. The molecule has 0 saturated heterocycles. The Morgan fingerprint density at radius 3 is 2.56 bits per heavy atom. The molecule has 138 valence electrons. The zero-order chi connectivity index (χ0) is 18.3. The number of aromatic nitrogens is 1. The minimum atomic E-state index is 0.795. The predicted octanol–water partition coefficient (Wildman–Crippen LogP) is 6.68. The molecule has 3 nitrogen and oxygen atoms in total. The van der Waals surface area contributed by atoms with Crippen molar-refractivity contribution < 1.29 is 0 Å². The maximum Gasteiger partial charge on any atom is 0.203 e. The van der Waals surface area contributed by atoms with Crippen molar-refractivity contribution in [2.24, 2.45) is 5.10 Å². The van der Waals surface area contributed by atoms with Crippen LogP contribution >= 0.6 is 23.1 Å². The van der Waals surface area contributed by atoms with Crippen LogP contribution in [0.5, 0.6) is 0 Å². The Balaban J connectivity index is 1.31. The third-order valence-corrected chi connectivity index (χ3v) is 6.78. The molecule has 1 N–H and O–H groups in total. The Kier molecular flexibility index (Phi) is 6.22. The predicted molar refractivity (Wildman–Crippen MR) is 118 cm³/mol. The van der Waals surface area contributed by atoms with Gasteiger partial charge in [-0.2, -0.15) is 5.10 Å². The molecule has 1 heterocycles. The lowest BCUT2D eigenvalue weighted by Gasteiger charge is -2.20. The molecule has 4 rings (SSSR count). The molecule has 0 unspecified atom stereocenters. The van der Waals surface area contributed by atoms with Crippen molar-refractivity contribution in [3.63, 3.8) is 0 Å². The van der Waals surface area contributed by atoms with E-state index < -0.39 is 0 Å². The largest absolute Gasteiger partial charge is 0.253 e. The summed E-state index contributed by atoms with van der Waals surface area (Å²) in [6.07, 6.45) is 8.74. The Bertz CT molecular complexity index is 866. The standard InChI is InChI=1S/C22H23N3S2/c1-3-7-18(8-4-1)21-16-26-22(24-21)25-23-15-17-11-13-20(14-12-17)27-19-9-5-2-6-10-19/h1,3-4,7-8,11-16,19H,2,5-6,9-10H2,(H,24,25). The maximum atomic E-state index is 4.58. The molecule has 1 fully saturated rings. The van der Waals surface area contributed by atoms with Gasteiger partial charge in [-0.3, -0.25) is 5.43 Å². The van der Waals surface area contributed by atoms with Gasteiger partial charge in [-0.25, -0.2) is 4.98 Å². The summed E-state index contributed by atoms with van der Waals surface area (Å²) >= 11 is 3.59. The van der Waals surface area contributed by atoms with Crippen molar-refractivity contribution in [3.8, 4) is 11.3 Å². The van der Waals surface area contributed by atoms with Crippen molar-refractivity contribution in [2.45, 2.75) is 42.2 Å². The lowest BCUT2D eigenvalue weighted by molar-refractivity contribution is 0.516. The normalized spacial score (nSPS) is 15.3. The first-order valence-corrected chi connectivity index (χ1v) is 11.2. The second-order valence-corrected chi connectivity index (χ2v) is 8.95. The van der Waals surface area contributed by atoms with Crippen LogP contribution in [-0.4, -0.2) is 16.4 Å². The van der Waals surface area contributed by atoms with Crippen LogP contribution < -0.4 is 5.43 Å². The van der Waals surface area contributed by atoms with Gasteiger partial charge in [0.1, 0.15) is 0 Å². The molecule has 0 atom stereocenters. The van der Waals surface area contributed by atoms with Crippen molar-refractivity contribution >= 4 is 34.4 Å². The van der Waals surface area contributed by atoms with Crippen LogP contribution in [0.2, 0.25) is 0 Å². The van der Waals surface area contributed by atoms with E-state index in [1.165, 1.54) is 37.0 Å². The summed E-state index contributed by atoms with van der Waals surface area (Å²) in [6, 6.07) is 18.9. The van der Waals surface area contributed by atoms with E-state index >= 15 is 0 Å². The van der Waals surface area contributed by atoms with Gasteiger partial charge in [0.15, 0.2) is 0 Å². The van der Waals surface area contributed by atoms with Crippen LogP contribution in [0.15, 0.2) is 70.0 Å². The van der Waals surface area contributed by atoms with Crippen LogP contribution in [0.25, 0.3) is 11.3 Å². The molecule has 0 radical (unpaired) electrons. The molecular formula is C22H23N3S2. The fourth-order valence-electron chi connectivity index (χ4n) is 3.24. The number of nitrogens with zero attached hydrogens (tertiary/aromatic N) is 2. The monoisotopic (exact) mass is 393 g/mol. The molecule has 27 heavy (non-hydrogen) atoms. The Labute approximate surface area is 168 Å². The average molecular weight is 394 g/mol. The first-order chi connectivity index (χ1) is 13.4. The van der Waals surface area contributed by atoms with E-state index in [0.29, 0.717) is 0 Å². The van der Waals surface area contributed by atoms with Gasteiger partial charge in [0.05, 0.1) is 11.9 Å². The molecule has 2 aromatic carbocycles. The molecule has 5 heteroatoms. The quantitative estimate of drug-likeness (QED) is 0.375. The van der Waals surface area contributed by atoms with Gasteiger partial charge in [0.2, 0.25) is 5.13 Å². The lowest BCUT2D eigenvalue weighted by Crippen LogP contribution is -2.07. The summed E-state index contributed by atoms with van der Waals surface area (Å²) < 4.78 is 0. The molecule has 1 aliphatic rings. The molecule has 1 aromatic heterocycles. The molecular weight excluding hydrogens is 370 g/mol. The third-order valence-electron chi connectivity index (χ3n) is 4.68. The van der Waals surface area contributed by atoms with Gasteiger partial charge in [0.25, 0.3) is 0 Å². The fraction of sp³-hybridized carbons (Fsp3) is 0.273. The van der Waals surface area contributed by atoms with Crippen molar-refractivity contribution in [1.82, 2.24) is 4.98 Å². The molecule has 3 aromatic rings. The van der Waals surface area contributed by atoms with E-state index in [-0.39, 0.29) is 0 Å². The van der Waals surface area contributed by atoms with Crippen molar-refractivity contribution in [2.75, 3.05) is 5.43 Å². The van der Waals surface area contributed by atoms with E-state index in [2.05, 4.69) is 51.9 Å². The van der Waals surface area contributed by atoms with E-state index in [4.69, 9.17) is 0 Å². The topological polar surface area (TPSA) is 37.3 Å². The molecule has 0 aliphatic heterocycles. The van der Waals surface area contributed by atoms with Crippen LogP contribution in [-0.2, 0) is 0 Å². The summed E-state index contributed by atoms with van der Waals surface area (Å²) in [5.74, 6) is 0. The molecule has 1 saturated carbocycles. The van der Waals surface area contributed by atoms with Gasteiger partial charge in [-0.05, 0) is 30.5 Å². The molecule has 1 aliphatic carbocycles. The van der Waals surface area contributed by atoms with E-state index in [0.717, 1.165) is 27.2 Å². The van der Waals surface area contributed by atoms with Crippen LogP contribution in [0.4, 0.5) is 5.13 Å². The number of benzene rings is 2. The summed E-state index contributed by atoms with van der Waals surface area (Å²) in [4.78, 5) is 5.94. The highest BCUT2D eigenvalue weighted by molar-refractivity contribution is 8.00. The first-order valence-electron chi connectivity index (χ1n) is 9.43. The zero-order valence-electron chi connectivity index (χ0n) is 15.2. The van der Waals surface area contributed by atoms with Gasteiger partial charge in [0, 0.05) is 21.1 Å². The Hall–Kier alpha value is -2.11. The van der Waals surface area contributed by atoms with Crippen LogP contribution in [0.3, 0.4) is 0 Å². The third kappa shape index (κ3) is 5.21. The number of hydrazone groups is 1. The van der Waals surface area contributed by atoms with Crippen molar-refractivity contribution in [1.29, 1.82) is 0 Å². The Morgan fingerprint density at radius 2 is 1.78 bits per heavy atom. The van der Waals surface area contributed by atoms with Crippen LogP contribution in [0.1, 0.15) is 37.7 Å².